The van der Waals surface area contributed by atoms with Gasteiger partial charge in [0.05, 0.1) is 18.9 Å². The maximum Gasteiger partial charge on any atom is 0.171 e. The minimum atomic E-state index is -0.271. The first-order valence-corrected chi connectivity index (χ1v) is 8.60. The lowest BCUT2D eigenvalue weighted by atomic mass is 9.81. The molecule has 1 aliphatic carbocycles. The van der Waals surface area contributed by atoms with Crippen LogP contribution in [0.5, 0.6) is 0 Å². The van der Waals surface area contributed by atoms with Crippen molar-refractivity contribution in [2.24, 2.45) is 5.92 Å². The molecule has 1 saturated heterocycles. The molecule has 0 aromatic carbocycles. The Morgan fingerprint density at radius 3 is 2.86 bits per heavy atom. The number of ether oxygens (including phenoxy) is 2. The van der Waals surface area contributed by atoms with Gasteiger partial charge in [0.1, 0.15) is 0 Å². The van der Waals surface area contributed by atoms with E-state index >= 15 is 0 Å². The van der Waals surface area contributed by atoms with E-state index in [1.807, 2.05) is 12.3 Å². The van der Waals surface area contributed by atoms with Crippen molar-refractivity contribution >= 4 is 0 Å². The Labute approximate surface area is 133 Å². The van der Waals surface area contributed by atoms with Crippen LogP contribution in [-0.4, -0.2) is 42.5 Å². The lowest BCUT2D eigenvalue weighted by molar-refractivity contribution is -0.214. The van der Waals surface area contributed by atoms with E-state index in [1.54, 1.807) is 0 Å². The first kappa shape index (κ1) is 15.9. The van der Waals surface area contributed by atoms with Crippen molar-refractivity contribution in [2.45, 2.75) is 50.9 Å². The molecule has 1 aromatic heterocycles. The second-order valence-electron chi connectivity index (χ2n) is 6.65. The standard InChI is InChI=1S/C18H28N2O2/c1-15(17-8-4-6-11-19-17)20(2)12-9-16-7-3-5-10-18(16)21-13-14-22-18/h4,6,8,11,15-16H,3,5,7,9-10,12-14H2,1-2H3/t15-,16+/m1/s1. The molecule has 1 aromatic rings. The van der Waals surface area contributed by atoms with E-state index in [1.165, 1.54) is 19.3 Å². The van der Waals surface area contributed by atoms with Crippen molar-refractivity contribution in [1.82, 2.24) is 9.88 Å². The van der Waals surface area contributed by atoms with Crippen LogP contribution in [-0.2, 0) is 9.47 Å². The zero-order valence-electron chi connectivity index (χ0n) is 13.8. The number of nitrogens with zero attached hydrogens (tertiary/aromatic N) is 2. The van der Waals surface area contributed by atoms with Crippen molar-refractivity contribution in [1.29, 1.82) is 0 Å². The van der Waals surface area contributed by atoms with Crippen LogP contribution < -0.4 is 0 Å². The second kappa shape index (κ2) is 7.07. The fourth-order valence-corrected chi connectivity index (χ4v) is 3.80. The van der Waals surface area contributed by atoms with Crippen LogP contribution in [0.15, 0.2) is 24.4 Å². The second-order valence-corrected chi connectivity index (χ2v) is 6.65. The summed E-state index contributed by atoms with van der Waals surface area (Å²) in [5, 5.41) is 0. The van der Waals surface area contributed by atoms with Gasteiger partial charge >= 0.3 is 0 Å². The van der Waals surface area contributed by atoms with E-state index in [0.29, 0.717) is 12.0 Å². The number of rotatable bonds is 5. The minimum Gasteiger partial charge on any atom is -0.347 e. The van der Waals surface area contributed by atoms with Gasteiger partial charge in [0.25, 0.3) is 0 Å². The molecule has 0 amide bonds. The van der Waals surface area contributed by atoms with E-state index < -0.39 is 0 Å². The molecule has 3 rings (SSSR count). The Morgan fingerprint density at radius 2 is 2.14 bits per heavy atom. The average Bonchev–Trinajstić information content (AvgIpc) is 3.03. The van der Waals surface area contributed by atoms with Crippen LogP contribution in [0.2, 0.25) is 0 Å². The van der Waals surface area contributed by atoms with E-state index in [2.05, 4.69) is 36.0 Å². The Kier molecular flexibility index (Phi) is 5.11. The molecular weight excluding hydrogens is 276 g/mol. The fraction of sp³-hybridized carbons (Fsp3) is 0.722. The van der Waals surface area contributed by atoms with Gasteiger partial charge in [-0.1, -0.05) is 12.5 Å². The maximum atomic E-state index is 6.02. The number of hydrogen-bond acceptors (Lipinski definition) is 4. The molecule has 122 valence electrons. The summed E-state index contributed by atoms with van der Waals surface area (Å²) in [5.41, 5.74) is 1.14. The largest absolute Gasteiger partial charge is 0.347 e. The van der Waals surface area contributed by atoms with Crippen LogP contribution in [0.25, 0.3) is 0 Å². The highest BCUT2D eigenvalue weighted by atomic mass is 16.7. The van der Waals surface area contributed by atoms with Gasteiger partial charge in [0.15, 0.2) is 5.79 Å². The molecule has 1 aliphatic heterocycles. The van der Waals surface area contributed by atoms with Gasteiger partial charge in [-0.3, -0.25) is 9.88 Å². The summed E-state index contributed by atoms with van der Waals surface area (Å²) in [6.07, 6.45) is 7.84. The summed E-state index contributed by atoms with van der Waals surface area (Å²) in [6, 6.07) is 6.47. The summed E-state index contributed by atoms with van der Waals surface area (Å²) in [6.45, 7) is 4.80. The molecule has 4 heteroatoms. The highest BCUT2D eigenvalue weighted by Crippen LogP contribution is 2.42. The van der Waals surface area contributed by atoms with Gasteiger partial charge in [-0.05, 0) is 51.9 Å². The van der Waals surface area contributed by atoms with E-state index in [9.17, 15) is 0 Å². The summed E-state index contributed by atoms with van der Waals surface area (Å²) < 4.78 is 12.0. The Balaban J connectivity index is 1.56. The molecule has 0 unspecified atom stereocenters. The number of pyridine rings is 1. The van der Waals surface area contributed by atoms with Gasteiger partial charge in [0, 0.05) is 24.6 Å². The third-order valence-electron chi connectivity index (χ3n) is 5.33. The lowest BCUT2D eigenvalue weighted by Gasteiger charge is -2.40. The van der Waals surface area contributed by atoms with Crippen LogP contribution in [0, 0.1) is 5.92 Å². The maximum absolute atomic E-state index is 6.02. The Morgan fingerprint density at radius 1 is 1.32 bits per heavy atom. The zero-order valence-corrected chi connectivity index (χ0v) is 13.8. The first-order chi connectivity index (χ1) is 10.7. The van der Waals surface area contributed by atoms with Gasteiger partial charge in [-0.2, -0.15) is 0 Å². The molecule has 0 radical (unpaired) electrons. The molecule has 0 N–H and O–H groups in total. The number of hydrogen-bond donors (Lipinski definition) is 0. The molecule has 2 atom stereocenters. The van der Waals surface area contributed by atoms with Crippen LogP contribution in [0.4, 0.5) is 0 Å². The monoisotopic (exact) mass is 304 g/mol. The molecule has 1 saturated carbocycles. The van der Waals surface area contributed by atoms with Crippen molar-refractivity contribution in [3.63, 3.8) is 0 Å². The molecule has 2 heterocycles. The van der Waals surface area contributed by atoms with Gasteiger partial charge in [-0.15, -0.1) is 0 Å². The normalized spacial score (nSPS) is 25.7. The predicted molar refractivity (Wildman–Crippen MR) is 86.5 cm³/mol. The molecule has 2 aliphatic rings. The summed E-state index contributed by atoms with van der Waals surface area (Å²) >= 11 is 0. The van der Waals surface area contributed by atoms with E-state index in [0.717, 1.165) is 38.3 Å². The lowest BCUT2D eigenvalue weighted by Crippen LogP contribution is -2.43. The van der Waals surface area contributed by atoms with Crippen LogP contribution in [0.3, 0.4) is 0 Å². The summed E-state index contributed by atoms with van der Waals surface area (Å²) in [4.78, 5) is 6.86. The Hall–Kier alpha value is -0.970. The Bertz CT molecular complexity index is 459. The van der Waals surface area contributed by atoms with Crippen molar-refractivity contribution in [2.75, 3.05) is 26.8 Å². The topological polar surface area (TPSA) is 34.6 Å². The molecule has 0 bridgehead atoms. The molecule has 22 heavy (non-hydrogen) atoms. The van der Waals surface area contributed by atoms with Crippen molar-refractivity contribution in [3.05, 3.63) is 30.1 Å². The first-order valence-electron chi connectivity index (χ1n) is 8.60. The SMILES string of the molecule is C[C@H](c1ccccn1)N(C)CC[C@@H]1CCCCC12OCCO2. The smallest absolute Gasteiger partial charge is 0.171 e. The predicted octanol–water partition coefficient (Wildman–Crippen LogP) is 3.40. The van der Waals surface area contributed by atoms with Gasteiger partial charge < -0.3 is 9.47 Å². The van der Waals surface area contributed by atoms with Crippen LogP contribution >= 0.6 is 0 Å². The third-order valence-corrected chi connectivity index (χ3v) is 5.33. The van der Waals surface area contributed by atoms with Crippen molar-refractivity contribution < 1.29 is 9.47 Å². The summed E-state index contributed by atoms with van der Waals surface area (Å²) in [7, 11) is 2.19. The quantitative estimate of drug-likeness (QED) is 0.835. The number of aromatic nitrogens is 1. The fourth-order valence-electron chi connectivity index (χ4n) is 3.80. The molecule has 2 fully saturated rings. The zero-order chi connectivity index (χ0) is 15.4. The molecule has 4 nitrogen and oxygen atoms in total. The molecule has 1 spiro atoms. The minimum absolute atomic E-state index is 0.271. The van der Waals surface area contributed by atoms with Crippen molar-refractivity contribution in [3.8, 4) is 0 Å². The van der Waals surface area contributed by atoms with Gasteiger partial charge in [0.2, 0.25) is 0 Å². The highest BCUT2D eigenvalue weighted by Gasteiger charge is 2.45. The van der Waals surface area contributed by atoms with E-state index in [-0.39, 0.29) is 5.79 Å². The van der Waals surface area contributed by atoms with Gasteiger partial charge in [-0.25, -0.2) is 0 Å². The highest BCUT2D eigenvalue weighted by molar-refractivity contribution is 5.07. The van der Waals surface area contributed by atoms with Crippen LogP contribution in [0.1, 0.15) is 50.8 Å². The van der Waals surface area contributed by atoms with E-state index in [4.69, 9.17) is 9.47 Å². The average molecular weight is 304 g/mol. The summed E-state index contributed by atoms with van der Waals surface area (Å²) in [5.74, 6) is 0.259. The molecular formula is C18H28N2O2. The third kappa shape index (κ3) is 3.34.